The van der Waals surface area contributed by atoms with E-state index in [1.54, 1.807) is 6.07 Å². The van der Waals surface area contributed by atoms with Crippen molar-refractivity contribution in [2.75, 3.05) is 14.1 Å². The summed E-state index contributed by atoms with van der Waals surface area (Å²) in [4.78, 5) is 17.2. The number of carbonyl (C=O) groups excluding carboxylic acids is 1. The normalized spacial score (nSPS) is 13.3. The van der Waals surface area contributed by atoms with Crippen molar-refractivity contribution in [1.82, 2.24) is 13.9 Å². The first-order valence-corrected chi connectivity index (χ1v) is 10.5. The molecule has 3 aromatic rings. The van der Waals surface area contributed by atoms with Gasteiger partial charge in [-0.2, -0.15) is 12.7 Å². The molecule has 2 aromatic heterocycles. The summed E-state index contributed by atoms with van der Waals surface area (Å²) >= 11 is 0. The fraction of sp³-hybridized carbons (Fsp3) is 0.143. The van der Waals surface area contributed by atoms with Gasteiger partial charge in [0.1, 0.15) is 11.5 Å². The number of benzene rings is 1. The number of hydrogen-bond donors (Lipinski definition) is 1. The lowest BCUT2D eigenvalue weighted by molar-refractivity contribution is 0.102. The van der Waals surface area contributed by atoms with E-state index in [1.807, 2.05) is 0 Å². The van der Waals surface area contributed by atoms with Gasteiger partial charge in [0.15, 0.2) is 5.76 Å². The number of rotatable bonds is 5. The standard InChI is InChI=1S/C21H18FN3O5S/c1-12-16-17(21(27)25(12)11-13-6-8-14(22)9-7-13)19(26)18-15(5-4-10-23-18)20(16)30-31(28,29)24(2)3/h4-10,27H,1,11H2,2-3H3. The molecule has 0 atom stereocenters. The molecule has 2 heterocycles. The van der Waals surface area contributed by atoms with Gasteiger partial charge in [-0.3, -0.25) is 9.78 Å². The van der Waals surface area contributed by atoms with E-state index < -0.39 is 27.8 Å². The average molecular weight is 443 g/mol. The predicted octanol–water partition coefficient (Wildman–Crippen LogP) is 0.710. The minimum atomic E-state index is -4.19. The number of aromatic hydroxyl groups is 1. The molecule has 0 spiro atoms. The third kappa shape index (κ3) is 3.39. The van der Waals surface area contributed by atoms with Crippen LogP contribution in [0, 0.1) is 5.82 Å². The number of halogens is 1. The predicted molar refractivity (Wildman–Crippen MR) is 110 cm³/mol. The lowest BCUT2D eigenvalue weighted by atomic mass is 9.96. The molecule has 10 heteroatoms. The van der Waals surface area contributed by atoms with Crippen LogP contribution in [0.25, 0.3) is 12.3 Å². The highest BCUT2D eigenvalue weighted by atomic mass is 32.2. The van der Waals surface area contributed by atoms with E-state index in [-0.39, 0.29) is 39.7 Å². The van der Waals surface area contributed by atoms with Crippen LogP contribution in [0.15, 0.2) is 42.6 Å². The van der Waals surface area contributed by atoms with Gasteiger partial charge in [-0.1, -0.05) is 18.7 Å². The molecule has 1 N–H and O–H groups in total. The molecular formula is C21H18FN3O5S. The molecule has 4 rings (SSSR count). The minimum Gasteiger partial charge on any atom is -0.494 e. The van der Waals surface area contributed by atoms with E-state index in [1.165, 1.54) is 55.2 Å². The molecule has 160 valence electrons. The van der Waals surface area contributed by atoms with E-state index in [0.717, 1.165) is 4.31 Å². The summed E-state index contributed by atoms with van der Waals surface area (Å²) in [6.07, 6.45) is 1.39. The quantitative estimate of drug-likeness (QED) is 0.623. The van der Waals surface area contributed by atoms with Crippen molar-refractivity contribution in [2.45, 2.75) is 6.54 Å². The zero-order chi connectivity index (χ0) is 22.5. The summed E-state index contributed by atoms with van der Waals surface area (Å²) in [6, 6.07) is 8.66. The van der Waals surface area contributed by atoms with Crippen molar-refractivity contribution in [2.24, 2.45) is 0 Å². The lowest BCUT2D eigenvalue weighted by Crippen LogP contribution is -2.38. The Hall–Kier alpha value is -3.50. The molecule has 8 nitrogen and oxygen atoms in total. The van der Waals surface area contributed by atoms with E-state index in [9.17, 15) is 22.7 Å². The molecule has 0 saturated heterocycles. The summed E-state index contributed by atoms with van der Waals surface area (Å²) in [5.74, 6) is -1.55. The Kier molecular flexibility index (Phi) is 4.91. The third-order valence-electron chi connectivity index (χ3n) is 4.96. The van der Waals surface area contributed by atoms with Crippen LogP contribution < -0.4 is 10.6 Å². The maximum absolute atomic E-state index is 13.2. The topological polar surface area (TPSA) is 102 Å². The van der Waals surface area contributed by atoms with Crippen molar-refractivity contribution in [3.05, 3.63) is 81.4 Å². The number of ketones is 1. The van der Waals surface area contributed by atoms with Crippen LogP contribution in [0.1, 0.15) is 27.2 Å². The van der Waals surface area contributed by atoms with Crippen LogP contribution in [0.5, 0.6) is 5.88 Å². The van der Waals surface area contributed by atoms with Gasteiger partial charge in [0.05, 0.1) is 17.3 Å². The van der Waals surface area contributed by atoms with Crippen molar-refractivity contribution in [3.8, 4) is 5.88 Å². The molecule has 1 aliphatic rings. The number of hydrogen-bond acceptors (Lipinski definition) is 6. The number of fused-ring (bicyclic) bond motifs is 2. The van der Waals surface area contributed by atoms with Crippen LogP contribution in [0.3, 0.4) is 0 Å². The Labute approximate surface area is 177 Å². The van der Waals surface area contributed by atoms with Gasteiger partial charge >= 0.3 is 10.3 Å². The SMILES string of the molecule is C=c1c2c(c(O)n1Cc1ccc(F)cc1)C(=O)c1ncccc1C=2OS(=O)(=O)N(C)C. The monoisotopic (exact) mass is 443 g/mol. The van der Waals surface area contributed by atoms with Crippen LogP contribution in [0.4, 0.5) is 4.39 Å². The summed E-state index contributed by atoms with van der Waals surface area (Å²) < 4.78 is 45.8. The maximum Gasteiger partial charge on any atom is 0.384 e. The summed E-state index contributed by atoms with van der Waals surface area (Å²) in [6.45, 7) is 4.02. The highest BCUT2D eigenvalue weighted by Gasteiger charge is 2.34. The first-order valence-electron chi connectivity index (χ1n) is 9.13. The van der Waals surface area contributed by atoms with Gasteiger partial charge < -0.3 is 13.9 Å². The van der Waals surface area contributed by atoms with E-state index in [4.69, 9.17) is 4.18 Å². The molecular weight excluding hydrogens is 425 g/mol. The average Bonchev–Trinajstić information content (AvgIpc) is 2.97. The summed E-state index contributed by atoms with van der Waals surface area (Å²) in [5, 5.41) is 11.1. The van der Waals surface area contributed by atoms with Crippen molar-refractivity contribution in [1.29, 1.82) is 0 Å². The minimum absolute atomic E-state index is 0.0480. The zero-order valence-corrected chi connectivity index (χ0v) is 17.5. The van der Waals surface area contributed by atoms with Crippen molar-refractivity contribution < 1.29 is 26.9 Å². The number of carbonyl (C=O) groups is 1. The molecule has 0 radical (unpaired) electrons. The van der Waals surface area contributed by atoms with Gasteiger partial charge in [-0.15, -0.1) is 0 Å². The Balaban J connectivity index is 2.01. The van der Waals surface area contributed by atoms with E-state index >= 15 is 0 Å². The molecule has 1 aromatic carbocycles. The molecule has 0 fully saturated rings. The number of pyridine rings is 1. The highest BCUT2D eigenvalue weighted by Crippen LogP contribution is 2.28. The van der Waals surface area contributed by atoms with Gasteiger partial charge in [0.25, 0.3) is 0 Å². The highest BCUT2D eigenvalue weighted by molar-refractivity contribution is 7.84. The second-order valence-electron chi connectivity index (χ2n) is 7.11. The fourth-order valence-corrected chi connectivity index (χ4v) is 3.88. The summed E-state index contributed by atoms with van der Waals surface area (Å²) in [5.41, 5.74) is 0.616. The van der Waals surface area contributed by atoms with Crippen molar-refractivity contribution >= 4 is 28.4 Å². The molecule has 1 aliphatic carbocycles. The van der Waals surface area contributed by atoms with Gasteiger partial charge in [-0.25, -0.2) is 4.39 Å². The first-order chi connectivity index (χ1) is 14.6. The maximum atomic E-state index is 13.2. The molecule has 31 heavy (non-hydrogen) atoms. The van der Waals surface area contributed by atoms with Crippen LogP contribution in [-0.4, -0.2) is 47.3 Å². The lowest BCUT2D eigenvalue weighted by Gasteiger charge is -2.18. The largest absolute Gasteiger partial charge is 0.494 e. The summed E-state index contributed by atoms with van der Waals surface area (Å²) in [7, 11) is -1.58. The molecule has 0 bridgehead atoms. The smallest absolute Gasteiger partial charge is 0.384 e. The van der Waals surface area contributed by atoms with Gasteiger partial charge in [0, 0.05) is 31.2 Å². The number of aromatic nitrogens is 2. The Morgan fingerprint density at radius 2 is 1.90 bits per heavy atom. The van der Waals surface area contributed by atoms with Crippen LogP contribution >= 0.6 is 0 Å². The van der Waals surface area contributed by atoms with E-state index in [0.29, 0.717) is 5.56 Å². The third-order valence-corrected chi connectivity index (χ3v) is 6.23. The fourth-order valence-electron chi connectivity index (χ4n) is 3.35. The Morgan fingerprint density at radius 1 is 1.23 bits per heavy atom. The Morgan fingerprint density at radius 3 is 2.55 bits per heavy atom. The first kappa shape index (κ1) is 20.8. The molecule has 0 aliphatic heterocycles. The van der Waals surface area contributed by atoms with Gasteiger partial charge in [-0.05, 0) is 29.8 Å². The zero-order valence-electron chi connectivity index (χ0n) is 16.7. The van der Waals surface area contributed by atoms with Crippen molar-refractivity contribution in [3.63, 3.8) is 0 Å². The van der Waals surface area contributed by atoms with Crippen LogP contribution in [0.2, 0.25) is 0 Å². The Bertz CT molecular complexity index is 1430. The molecule has 0 saturated carbocycles. The van der Waals surface area contributed by atoms with E-state index in [2.05, 4.69) is 11.6 Å². The van der Waals surface area contributed by atoms with Crippen LogP contribution in [-0.2, 0) is 21.0 Å². The second kappa shape index (κ2) is 7.33. The second-order valence-corrected chi connectivity index (χ2v) is 8.87. The molecule has 0 unspecified atom stereocenters. The molecule has 0 amide bonds. The van der Waals surface area contributed by atoms with Gasteiger partial charge in [0.2, 0.25) is 11.7 Å². The number of nitrogens with zero attached hydrogens (tertiary/aromatic N) is 3.